The number of phenols is 1. The van der Waals surface area contributed by atoms with Gasteiger partial charge in [0.1, 0.15) is 5.75 Å². The van der Waals surface area contributed by atoms with Crippen molar-refractivity contribution in [1.29, 1.82) is 0 Å². The molecule has 0 unspecified atom stereocenters. The Hall–Kier alpha value is -1.71. The zero-order valence-electron chi connectivity index (χ0n) is 7.59. The van der Waals surface area contributed by atoms with Gasteiger partial charge in [-0.3, -0.25) is 4.79 Å². The second-order valence-electron chi connectivity index (χ2n) is 2.66. The molecule has 0 atom stereocenters. The van der Waals surface area contributed by atoms with Crippen molar-refractivity contribution in [3.05, 3.63) is 18.2 Å². The number of rotatable bonds is 2. The van der Waals surface area contributed by atoms with Crippen LogP contribution in [0.3, 0.4) is 0 Å². The Balaban J connectivity index is 2.89. The van der Waals surface area contributed by atoms with Crippen LogP contribution in [0.25, 0.3) is 0 Å². The first-order chi connectivity index (χ1) is 6.13. The van der Waals surface area contributed by atoms with Crippen LogP contribution in [-0.4, -0.2) is 18.1 Å². The van der Waals surface area contributed by atoms with E-state index in [-0.39, 0.29) is 11.7 Å². The minimum atomic E-state index is -0.156. The summed E-state index contributed by atoms with van der Waals surface area (Å²) in [5.74, 6) is -0.0367. The summed E-state index contributed by atoms with van der Waals surface area (Å²) in [6.07, 6.45) is 0. The molecule has 70 valence electrons. The van der Waals surface area contributed by atoms with E-state index in [0.29, 0.717) is 11.4 Å². The first-order valence-electron chi connectivity index (χ1n) is 3.92. The van der Waals surface area contributed by atoms with E-state index in [9.17, 15) is 9.90 Å². The van der Waals surface area contributed by atoms with Gasteiger partial charge in [0.05, 0.1) is 5.69 Å². The van der Waals surface area contributed by atoms with Gasteiger partial charge in [0.25, 0.3) is 0 Å². The monoisotopic (exact) mass is 180 g/mol. The Labute approximate surface area is 76.6 Å². The second kappa shape index (κ2) is 3.80. The quantitative estimate of drug-likeness (QED) is 0.603. The molecule has 1 rings (SSSR count). The standard InChI is InChI=1S/C9H12N2O2/c1-6(12)11-7-3-4-8(10-2)9(13)5-7/h3-5,10,13H,1-2H3,(H,11,12). The van der Waals surface area contributed by atoms with Crippen molar-refractivity contribution < 1.29 is 9.90 Å². The SMILES string of the molecule is CNc1ccc(NC(C)=O)cc1O. The van der Waals surface area contributed by atoms with E-state index >= 15 is 0 Å². The van der Waals surface area contributed by atoms with Crippen LogP contribution < -0.4 is 10.6 Å². The molecule has 0 aliphatic heterocycles. The molecule has 0 saturated heterocycles. The molecule has 13 heavy (non-hydrogen) atoms. The van der Waals surface area contributed by atoms with Crippen LogP contribution in [0.1, 0.15) is 6.92 Å². The molecule has 1 aromatic carbocycles. The molecular formula is C9H12N2O2. The number of carbonyl (C=O) groups excluding carboxylic acids is 1. The van der Waals surface area contributed by atoms with Gasteiger partial charge < -0.3 is 15.7 Å². The number of anilines is 2. The molecular weight excluding hydrogens is 168 g/mol. The molecule has 0 saturated carbocycles. The van der Waals surface area contributed by atoms with Crippen molar-refractivity contribution >= 4 is 17.3 Å². The highest BCUT2D eigenvalue weighted by atomic mass is 16.3. The average Bonchev–Trinajstić information content (AvgIpc) is 2.03. The van der Waals surface area contributed by atoms with Crippen LogP contribution in [0, 0.1) is 0 Å². The van der Waals surface area contributed by atoms with E-state index in [2.05, 4.69) is 10.6 Å². The number of benzene rings is 1. The van der Waals surface area contributed by atoms with Crippen molar-refractivity contribution in [1.82, 2.24) is 0 Å². The van der Waals surface area contributed by atoms with Crippen molar-refractivity contribution in [2.75, 3.05) is 17.7 Å². The highest BCUT2D eigenvalue weighted by Gasteiger charge is 2.00. The molecule has 0 bridgehead atoms. The zero-order valence-corrected chi connectivity index (χ0v) is 7.59. The molecule has 0 aliphatic carbocycles. The van der Waals surface area contributed by atoms with Gasteiger partial charge in [-0.2, -0.15) is 0 Å². The largest absolute Gasteiger partial charge is 0.506 e. The number of hydrogen-bond acceptors (Lipinski definition) is 3. The summed E-state index contributed by atoms with van der Waals surface area (Å²) < 4.78 is 0. The van der Waals surface area contributed by atoms with E-state index in [1.165, 1.54) is 13.0 Å². The fourth-order valence-electron chi connectivity index (χ4n) is 1.02. The molecule has 1 amide bonds. The maximum absolute atomic E-state index is 10.7. The Morgan fingerprint density at radius 2 is 2.15 bits per heavy atom. The van der Waals surface area contributed by atoms with Gasteiger partial charge in [-0.1, -0.05) is 0 Å². The van der Waals surface area contributed by atoms with Crippen LogP contribution in [0.2, 0.25) is 0 Å². The Morgan fingerprint density at radius 3 is 2.62 bits per heavy atom. The predicted octanol–water partition coefficient (Wildman–Crippen LogP) is 1.39. The third-order valence-corrected chi connectivity index (χ3v) is 1.59. The number of hydrogen-bond donors (Lipinski definition) is 3. The maximum atomic E-state index is 10.7. The third kappa shape index (κ3) is 2.37. The lowest BCUT2D eigenvalue weighted by atomic mass is 10.2. The molecule has 0 fully saturated rings. The third-order valence-electron chi connectivity index (χ3n) is 1.59. The molecule has 0 spiro atoms. The molecule has 0 radical (unpaired) electrons. The number of phenolic OH excluding ortho intramolecular Hbond substituents is 1. The second-order valence-corrected chi connectivity index (χ2v) is 2.66. The summed E-state index contributed by atoms with van der Waals surface area (Å²) in [6.45, 7) is 1.42. The fraction of sp³-hybridized carbons (Fsp3) is 0.222. The minimum absolute atomic E-state index is 0.119. The van der Waals surface area contributed by atoms with Gasteiger partial charge >= 0.3 is 0 Å². The fourth-order valence-corrected chi connectivity index (χ4v) is 1.02. The Bertz CT molecular complexity index is 323. The first kappa shape index (κ1) is 9.38. The highest BCUT2D eigenvalue weighted by molar-refractivity contribution is 5.89. The van der Waals surface area contributed by atoms with Crippen molar-refractivity contribution in [3.8, 4) is 5.75 Å². The normalized spacial score (nSPS) is 9.38. The predicted molar refractivity (Wildman–Crippen MR) is 52.0 cm³/mol. The molecule has 0 heterocycles. The summed E-state index contributed by atoms with van der Waals surface area (Å²) >= 11 is 0. The Kier molecular flexibility index (Phi) is 2.74. The summed E-state index contributed by atoms with van der Waals surface area (Å²) in [5.41, 5.74) is 1.22. The minimum Gasteiger partial charge on any atom is -0.506 e. The lowest BCUT2D eigenvalue weighted by molar-refractivity contribution is -0.114. The summed E-state index contributed by atoms with van der Waals surface area (Å²) in [7, 11) is 1.72. The smallest absolute Gasteiger partial charge is 0.221 e. The lowest BCUT2D eigenvalue weighted by Crippen LogP contribution is -2.05. The number of amides is 1. The van der Waals surface area contributed by atoms with E-state index < -0.39 is 0 Å². The summed E-state index contributed by atoms with van der Waals surface area (Å²) in [4.78, 5) is 10.7. The van der Waals surface area contributed by atoms with E-state index in [1.807, 2.05) is 0 Å². The molecule has 1 aromatic rings. The van der Waals surface area contributed by atoms with Crippen LogP contribution in [0.4, 0.5) is 11.4 Å². The highest BCUT2D eigenvalue weighted by Crippen LogP contribution is 2.25. The van der Waals surface area contributed by atoms with Crippen LogP contribution in [0.5, 0.6) is 5.75 Å². The van der Waals surface area contributed by atoms with Gasteiger partial charge in [0.2, 0.25) is 5.91 Å². The number of aromatic hydroxyl groups is 1. The van der Waals surface area contributed by atoms with Gasteiger partial charge in [-0.15, -0.1) is 0 Å². The van der Waals surface area contributed by atoms with Crippen LogP contribution >= 0.6 is 0 Å². The van der Waals surface area contributed by atoms with Crippen molar-refractivity contribution in [2.24, 2.45) is 0 Å². The lowest BCUT2D eigenvalue weighted by Gasteiger charge is -2.06. The van der Waals surface area contributed by atoms with E-state index in [4.69, 9.17) is 0 Å². The molecule has 4 heteroatoms. The maximum Gasteiger partial charge on any atom is 0.221 e. The van der Waals surface area contributed by atoms with E-state index in [0.717, 1.165) is 0 Å². The molecule has 3 N–H and O–H groups in total. The van der Waals surface area contributed by atoms with E-state index in [1.54, 1.807) is 19.2 Å². The van der Waals surface area contributed by atoms with Gasteiger partial charge in [0, 0.05) is 25.7 Å². The van der Waals surface area contributed by atoms with Crippen LogP contribution in [0.15, 0.2) is 18.2 Å². The van der Waals surface area contributed by atoms with Crippen molar-refractivity contribution in [2.45, 2.75) is 6.92 Å². The molecule has 0 aromatic heterocycles. The zero-order chi connectivity index (χ0) is 9.84. The molecule has 4 nitrogen and oxygen atoms in total. The summed E-state index contributed by atoms with van der Waals surface area (Å²) in [6, 6.07) is 4.90. The average molecular weight is 180 g/mol. The van der Waals surface area contributed by atoms with Gasteiger partial charge in [-0.05, 0) is 12.1 Å². The van der Waals surface area contributed by atoms with Crippen molar-refractivity contribution in [3.63, 3.8) is 0 Å². The first-order valence-corrected chi connectivity index (χ1v) is 3.92. The topological polar surface area (TPSA) is 61.4 Å². The summed E-state index contributed by atoms with van der Waals surface area (Å²) in [5, 5.41) is 14.8. The molecule has 0 aliphatic rings. The van der Waals surface area contributed by atoms with Crippen LogP contribution in [-0.2, 0) is 4.79 Å². The Morgan fingerprint density at radius 1 is 1.46 bits per heavy atom. The number of carbonyl (C=O) groups is 1. The van der Waals surface area contributed by atoms with Gasteiger partial charge in [0.15, 0.2) is 0 Å². The van der Waals surface area contributed by atoms with Gasteiger partial charge in [-0.25, -0.2) is 0 Å². The number of nitrogens with one attached hydrogen (secondary N) is 2.